The summed E-state index contributed by atoms with van der Waals surface area (Å²) in [5, 5.41) is 6.37. The first-order valence-electron chi connectivity index (χ1n) is 8.01. The number of rotatable bonds is 5. The zero-order chi connectivity index (χ0) is 14.5. The minimum absolute atomic E-state index is 0. The van der Waals surface area contributed by atoms with Crippen LogP contribution in [0.2, 0.25) is 0 Å². The summed E-state index contributed by atoms with van der Waals surface area (Å²) >= 11 is 0. The Morgan fingerprint density at radius 2 is 2.09 bits per heavy atom. The molecule has 0 aliphatic carbocycles. The smallest absolute Gasteiger partial charge is 0.221 e. The SMILES string of the molecule is Cl.Cl.O=C(CC1CCCN1)NCc1ccnc(N2CCCC2)c1. The third-order valence-electron chi connectivity index (χ3n) is 4.32. The molecule has 1 aromatic rings. The van der Waals surface area contributed by atoms with Gasteiger partial charge in [-0.25, -0.2) is 4.98 Å². The fraction of sp³-hybridized carbons (Fsp3) is 0.625. The summed E-state index contributed by atoms with van der Waals surface area (Å²) in [4.78, 5) is 18.7. The van der Waals surface area contributed by atoms with Crippen LogP contribution in [0.15, 0.2) is 18.3 Å². The lowest BCUT2D eigenvalue weighted by Gasteiger charge is -2.17. The van der Waals surface area contributed by atoms with E-state index < -0.39 is 0 Å². The molecule has 0 bridgehead atoms. The van der Waals surface area contributed by atoms with E-state index in [1.807, 2.05) is 12.3 Å². The topological polar surface area (TPSA) is 57.3 Å². The molecule has 0 radical (unpaired) electrons. The third kappa shape index (κ3) is 5.83. The van der Waals surface area contributed by atoms with Crippen molar-refractivity contribution in [1.82, 2.24) is 15.6 Å². The van der Waals surface area contributed by atoms with E-state index in [0.717, 1.165) is 37.4 Å². The molecular formula is C16H26Cl2N4O. The minimum atomic E-state index is 0. The van der Waals surface area contributed by atoms with Crippen LogP contribution in [0.1, 0.15) is 37.7 Å². The molecule has 7 heteroatoms. The largest absolute Gasteiger partial charge is 0.357 e. The van der Waals surface area contributed by atoms with Crippen LogP contribution in [0.3, 0.4) is 0 Å². The summed E-state index contributed by atoms with van der Waals surface area (Å²) in [5.74, 6) is 1.17. The van der Waals surface area contributed by atoms with Crippen molar-refractivity contribution in [2.45, 2.75) is 44.7 Å². The number of nitrogens with one attached hydrogen (secondary N) is 2. The van der Waals surface area contributed by atoms with E-state index in [1.165, 1.54) is 19.3 Å². The number of halogens is 2. The molecule has 1 amide bonds. The highest BCUT2D eigenvalue weighted by molar-refractivity contribution is 5.85. The van der Waals surface area contributed by atoms with Gasteiger partial charge in [0.2, 0.25) is 5.91 Å². The molecule has 23 heavy (non-hydrogen) atoms. The van der Waals surface area contributed by atoms with Gasteiger partial charge in [0.1, 0.15) is 5.82 Å². The van der Waals surface area contributed by atoms with Crippen LogP contribution >= 0.6 is 24.8 Å². The van der Waals surface area contributed by atoms with E-state index in [2.05, 4.69) is 26.6 Å². The summed E-state index contributed by atoms with van der Waals surface area (Å²) in [6, 6.07) is 4.44. The highest BCUT2D eigenvalue weighted by Crippen LogP contribution is 2.18. The van der Waals surface area contributed by atoms with Gasteiger partial charge < -0.3 is 15.5 Å². The molecule has 3 rings (SSSR count). The first kappa shape index (κ1) is 20.0. The van der Waals surface area contributed by atoms with Gasteiger partial charge in [0, 0.05) is 38.3 Å². The summed E-state index contributed by atoms with van der Waals surface area (Å²) < 4.78 is 0. The molecule has 5 nitrogen and oxygen atoms in total. The van der Waals surface area contributed by atoms with Gasteiger partial charge in [-0.05, 0) is 49.9 Å². The van der Waals surface area contributed by atoms with Gasteiger partial charge in [0.25, 0.3) is 0 Å². The van der Waals surface area contributed by atoms with E-state index in [4.69, 9.17) is 0 Å². The third-order valence-corrected chi connectivity index (χ3v) is 4.32. The molecule has 130 valence electrons. The minimum Gasteiger partial charge on any atom is -0.357 e. The molecular weight excluding hydrogens is 335 g/mol. The van der Waals surface area contributed by atoms with Crippen molar-refractivity contribution in [3.63, 3.8) is 0 Å². The quantitative estimate of drug-likeness (QED) is 0.845. The number of pyridine rings is 1. The van der Waals surface area contributed by atoms with Crippen LogP contribution in [0.25, 0.3) is 0 Å². The molecule has 0 spiro atoms. The fourth-order valence-corrected chi connectivity index (χ4v) is 3.12. The van der Waals surface area contributed by atoms with E-state index in [1.54, 1.807) is 0 Å². The zero-order valence-corrected chi connectivity index (χ0v) is 14.9. The van der Waals surface area contributed by atoms with Crippen molar-refractivity contribution < 1.29 is 4.79 Å². The summed E-state index contributed by atoms with van der Waals surface area (Å²) in [7, 11) is 0. The van der Waals surface area contributed by atoms with Crippen molar-refractivity contribution in [2.24, 2.45) is 0 Å². The molecule has 2 saturated heterocycles. The Morgan fingerprint density at radius 1 is 1.30 bits per heavy atom. The molecule has 1 aromatic heterocycles. The number of carbonyl (C=O) groups excluding carboxylic acids is 1. The van der Waals surface area contributed by atoms with Gasteiger partial charge in [-0.1, -0.05) is 0 Å². The molecule has 0 saturated carbocycles. The van der Waals surface area contributed by atoms with E-state index in [9.17, 15) is 4.79 Å². The van der Waals surface area contributed by atoms with E-state index in [-0.39, 0.29) is 30.7 Å². The lowest BCUT2D eigenvalue weighted by Crippen LogP contribution is -2.31. The van der Waals surface area contributed by atoms with Crippen molar-refractivity contribution in [1.29, 1.82) is 0 Å². The first-order chi connectivity index (χ1) is 10.3. The molecule has 2 N–H and O–H groups in total. The van der Waals surface area contributed by atoms with Crippen LogP contribution in [0, 0.1) is 0 Å². The van der Waals surface area contributed by atoms with Crippen molar-refractivity contribution >= 4 is 36.5 Å². The maximum absolute atomic E-state index is 11.9. The number of carbonyl (C=O) groups is 1. The Labute approximate surface area is 150 Å². The highest BCUT2D eigenvalue weighted by atomic mass is 35.5. The van der Waals surface area contributed by atoms with Gasteiger partial charge in [0.05, 0.1) is 0 Å². The second kappa shape index (κ2) is 9.96. The lowest BCUT2D eigenvalue weighted by atomic mass is 10.1. The van der Waals surface area contributed by atoms with Crippen molar-refractivity contribution in [2.75, 3.05) is 24.5 Å². The second-order valence-corrected chi connectivity index (χ2v) is 5.99. The number of amides is 1. The number of hydrogen-bond acceptors (Lipinski definition) is 4. The molecule has 1 unspecified atom stereocenters. The molecule has 3 heterocycles. The average molecular weight is 361 g/mol. The molecule has 2 aliphatic heterocycles. The van der Waals surface area contributed by atoms with Crippen LogP contribution in [0.5, 0.6) is 0 Å². The monoisotopic (exact) mass is 360 g/mol. The highest BCUT2D eigenvalue weighted by Gasteiger charge is 2.17. The average Bonchev–Trinajstić information content (AvgIpc) is 3.19. The Kier molecular flexibility index (Phi) is 8.66. The predicted molar refractivity (Wildman–Crippen MR) is 97.7 cm³/mol. The van der Waals surface area contributed by atoms with Gasteiger partial charge in [-0.2, -0.15) is 0 Å². The Hall–Kier alpha value is -1.04. The standard InChI is InChI=1S/C16H24N4O.2ClH/c21-16(11-14-4-3-6-17-14)19-12-13-5-7-18-15(10-13)20-8-1-2-9-20;;/h5,7,10,14,17H,1-4,6,8-9,11-12H2,(H,19,21);2*1H. The summed E-state index contributed by atoms with van der Waals surface area (Å²) in [5.41, 5.74) is 1.12. The molecule has 0 aromatic carbocycles. The lowest BCUT2D eigenvalue weighted by molar-refractivity contribution is -0.121. The van der Waals surface area contributed by atoms with Crippen LogP contribution in [-0.2, 0) is 11.3 Å². The Balaban J connectivity index is 0.00000132. The first-order valence-corrected chi connectivity index (χ1v) is 8.01. The summed E-state index contributed by atoms with van der Waals surface area (Å²) in [6.45, 7) is 3.82. The molecule has 2 aliphatic rings. The van der Waals surface area contributed by atoms with Crippen LogP contribution in [0.4, 0.5) is 5.82 Å². The zero-order valence-electron chi connectivity index (χ0n) is 13.3. The maximum atomic E-state index is 11.9. The fourth-order valence-electron chi connectivity index (χ4n) is 3.12. The van der Waals surface area contributed by atoms with E-state index >= 15 is 0 Å². The normalized spacial score (nSPS) is 19.8. The molecule has 2 fully saturated rings. The van der Waals surface area contributed by atoms with Gasteiger partial charge in [-0.15, -0.1) is 24.8 Å². The van der Waals surface area contributed by atoms with Crippen molar-refractivity contribution in [3.05, 3.63) is 23.9 Å². The Morgan fingerprint density at radius 3 is 2.78 bits per heavy atom. The van der Waals surface area contributed by atoms with Gasteiger partial charge in [0.15, 0.2) is 0 Å². The Bertz CT molecular complexity index is 489. The number of aromatic nitrogens is 1. The predicted octanol–water partition coefficient (Wildman–Crippen LogP) is 2.28. The van der Waals surface area contributed by atoms with Gasteiger partial charge in [-0.3, -0.25) is 4.79 Å². The summed E-state index contributed by atoms with van der Waals surface area (Å²) in [6.07, 6.45) is 7.22. The van der Waals surface area contributed by atoms with Gasteiger partial charge >= 0.3 is 0 Å². The number of hydrogen-bond donors (Lipinski definition) is 2. The number of nitrogens with zero attached hydrogens (tertiary/aromatic N) is 2. The second-order valence-electron chi connectivity index (χ2n) is 5.99. The maximum Gasteiger partial charge on any atom is 0.221 e. The van der Waals surface area contributed by atoms with Crippen LogP contribution < -0.4 is 15.5 Å². The molecule has 1 atom stereocenters. The van der Waals surface area contributed by atoms with Crippen LogP contribution in [-0.4, -0.2) is 36.6 Å². The van der Waals surface area contributed by atoms with E-state index in [0.29, 0.717) is 19.0 Å². The number of anilines is 1. The van der Waals surface area contributed by atoms with Crippen molar-refractivity contribution in [3.8, 4) is 0 Å².